The molecule has 1 saturated heterocycles. The maximum Gasteiger partial charge on any atom is 0.343 e. The van der Waals surface area contributed by atoms with E-state index >= 15 is 0 Å². The zero-order valence-electron chi connectivity index (χ0n) is 17.1. The molecule has 11 heteroatoms. The Morgan fingerprint density at radius 1 is 1.18 bits per heavy atom. The number of fused-ring (bicyclic) bond motifs is 1. The molecule has 1 aliphatic heterocycles. The van der Waals surface area contributed by atoms with Crippen LogP contribution in [0.25, 0.3) is 5.65 Å². The molecule has 0 unspecified atom stereocenters. The SMILES string of the molecule is O=C(OCc1ccccc1)c1cnn2ccc(N3C(=O)CCN3c3cc(F)cnc3Br)nc12. The summed E-state index contributed by atoms with van der Waals surface area (Å²) in [5.41, 5.74) is 1.64. The quantitative estimate of drug-likeness (QED) is 0.299. The number of anilines is 2. The Labute approximate surface area is 195 Å². The molecule has 0 aliphatic carbocycles. The van der Waals surface area contributed by atoms with Gasteiger partial charge in [0.2, 0.25) is 5.91 Å². The van der Waals surface area contributed by atoms with Crippen molar-refractivity contribution in [1.82, 2.24) is 19.6 Å². The molecule has 0 spiro atoms. The third kappa shape index (κ3) is 4.02. The molecule has 9 nitrogen and oxygen atoms in total. The van der Waals surface area contributed by atoms with Crippen LogP contribution in [0.15, 0.2) is 65.7 Å². The van der Waals surface area contributed by atoms with Gasteiger partial charge < -0.3 is 4.74 Å². The van der Waals surface area contributed by atoms with Gasteiger partial charge >= 0.3 is 5.97 Å². The first-order valence-corrected chi connectivity index (χ1v) is 10.8. The summed E-state index contributed by atoms with van der Waals surface area (Å²) < 4.78 is 21.1. The number of hydrogen-bond donors (Lipinski definition) is 0. The molecule has 0 saturated carbocycles. The lowest BCUT2D eigenvalue weighted by molar-refractivity contribution is -0.117. The van der Waals surface area contributed by atoms with Crippen molar-refractivity contribution in [3.05, 3.63) is 82.6 Å². The van der Waals surface area contributed by atoms with Crippen LogP contribution >= 0.6 is 15.9 Å². The number of ether oxygens (including phenoxy) is 1. The minimum Gasteiger partial charge on any atom is -0.457 e. The van der Waals surface area contributed by atoms with Crippen molar-refractivity contribution in [3.8, 4) is 0 Å². The maximum atomic E-state index is 13.8. The molecular weight excluding hydrogens is 495 g/mol. The standard InChI is InChI=1S/C22H16BrFN6O3/c23-20-17(10-15(24)11-25-20)29-9-7-19(31)30(29)18-6-8-28-21(27-18)16(12-26-28)22(32)33-13-14-4-2-1-3-5-14/h1-6,8,10-12H,7,9,13H2. The minimum absolute atomic E-state index is 0.107. The van der Waals surface area contributed by atoms with E-state index in [1.807, 2.05) is 30.3 Å². The summed E-state index contributed by atoms with van der Waals surface area (Å²) in [5, 5.41) is 7.08. The number of hydrazine groups is 1. The third-order valence-corrected chi connectivity index (χ3v) is 5.70. The summed E-state index contributed by atoms with van der Waals surface area (Å²) in [4.78, 5) is 33.9. The average Bonchev–Trinajstić information content (AvgIpc) is 3.42. The maximum absolute atomic E-state index is 13.8. The highest BCUT2D eigenvalue weighted by molar-refractivity contribution is 9.10. The van der Waals surface area contributed by atoms with E-state index in [1.165, 1.54) is 21.8 Å². The molecule has 0 bridgehead atoms. The summed E-state index contributed by atoms with van der Waals surface area (Å²) in [6.07, 6.45) is 4.26. The van der Waals surface area contributed by atoms with Crippen LogP contribution < -0.4 is 10.0 Å². The molecule has 4 aromatic rings. The van der Waals surface area contributed by atoms with Crippen LogP contribution in [0.1, 0.15) is 22.3 Å². The van der Waals surface area contributed by atoms with Crippen LogP contribution in [-0.4, -0.2) is 38.0 Å². The number of carbonyl (C=O) groups is 2. The van der Waals surface area contributed by atoms with Gasteiger partial charge in [0.25, 0.3) is 0 Å². The molecule has 1 amide bonds. The van der Waals surface area contributed by atoms with Gasteiger partial charge in [-0.05, 0) is 21.5 Å². The van der Waals surface area contributed by atoms with Crippen molar-refractivity contribution in [2.24, 2.45) is 0 Å². The van der Waals surface area contributed by atoms with Crippen molar-refractivity contribution in [2.75, 3.05) is 16.6 Å². The molecule has 3 aromatic heterocycles. The van der Waals surface area contributed by atoms with Crippen LogP contribution in [0.2, 0.25) is 0 Å². The zero-order chi connectivity index (χ0) is 22.9. The molecule has 0 N–H and O–H groups in total. The Hall–Kier alpha value is -3.86. The Kier molecular flexibility index (Phi) is 5.47. The number of benzene rings is 1. The Morgan fingerprint density at radius 2 is 2.00 bits per heavy atom. The molecule has 0 atom stereocenters. The Balaban J connectivity index is 1.46. The van der Waals surface area contributed by atoms with E-state index in [0.29, 0.717) is 16.8 Å². The highest BCUT2D eigenvalue weighted by Crippen LogP contribution is 2.32. The summed E-state index contributed by atoms with van der Waals surface area (Å²) in [6.45, 7) is 0.427. The average molecular weight is 511 g/mol. The van der Waals surface area contributed by atoms with Crippen LogP contribution in [0, 0.1) is 5.82 Å². The predicted octanol–water partition coefficient (Wildman–Crippen LogP) is 3.54. The van der Waals surface area contributed by atoms with Gasteiger partial charge in [-0.25, -0.2) is 28.7 Å². The number of aromatic nitrogens is 4. The van der Waals surface area contributed by atoms with Crippen LogP contribution in [0.5, 0.6) is 0 Å². The van der Waals surface area contributed by atoms with Crippen molar-refractivity contribution in [1.29, 1.82) is 0 Å². The van der Waals surface area contributed by atoms with Crippen LogP contribution in [0.3, 0.4) is 0 Å². The van der Waals surface area contributed by atoms with Crippen molar-refractivity contribution in [3.63, 3.8) is 0 Å². The van der Waals surface area contributed by atoms with E-state index < -0.39 is 11.8 Å². The lowest BCUT2D eigenvalue weighted by atomic mass is 10.2. The number of amides is 1. The van der Waals surface area contributed by atoms with E-state index in [0.717, 1.165) is 11.8 Å². The van der Waals surface area contributed by atoms with E-state index in [9.17, 15) is 14.0 Å². The molecule has 1 aliphatic rings. The number of pyridine rings is 1. The zero-order valence-corrected chi connectivity index (χ0v) is 18.6. The lowest BCUT2D eigenvalue weighted by Gasteiger charge is -2.29. The number of esters is 1. The van der Waals surface area contributed by atoms with Crippen molar-refractivity contribution >= 4 is 45.0 Å². The molecule has 4 heterocycles. The van der Waals surface area contributed by atoms with E-state index in [1.54, 1.807) is 17.3 Å². The van der Waals surface area contributed by atoms with Gasteiger partial charge in [0.15, 0.2) is 11.5 Å². The van der Waals surface area contributed by atoms with Crippen LogP contribution in [0.4, 0.5) is 15.9 Å². The summed E-state index contributed by atoms with van der Waals surface area (Å²) in [7, 11) is 0. The fraction of sp³-hybridized carbons (Fsp3) is 0.136. The van der Waals surface area contributed by atoms with Crippen molar-refractivity contribution < 1.29 is 18.7 Å². The van der Waals surface area contributed by atoms with Gasteiger partial charge in [-0.1, -0.05) is 30.3 Å². The van der Waals surface area contributed by atoms with Crippen molar-refractivity contribution in [2.45, 2.75) is 13.0 Å². The Morgan fingerprint density at radius 3 is 2.82 bits per heavy atom. The van der Waals surface area contributed by atoms with Gasteiger partial charge in [-0.3, -0.25) is 9.80 Å². The first-order valence-electron chi connectivity index (χ1n) is 9.98. The summed E-state index contributed by atoms with van der Waals surface area (Å²) in [6, 6.07) is 12.2. The molecule has 1 fully saturated rings. The van der Waals surface area contributed by atoms with Gasteiger partial charge in [0.1, 0.15) is 22.6 Å². The number of rotatable bonds is 5. The molecule has 166 valence electrons. The van der Waals surface area contributed by atoms with Gasteiger partial charge in [0.05, 0.1) is 18.1 Å². The third-order valence-electron chi connectivity index (χ3n) is 5.08. The molecule has 5 rings (SSSR count). The highest BCUT2D eigenvalue weighted by Gasteiger charge is 2.34. The minimum atomic E-state index is -0.583. The normalized spacial score (nSPS) is 13.7. The Bertz CT molecular complexity index is 1360. The van der Waals surface area contributed by atoms with Crippen LogP contribution in [-0.2, 0) is 16.1 Å². The second kappa shape index (κ2) is 8.58. The largest absolute Gasteiger partial charge is 0.457 e. The number of halogens is 2. The van der Waals surface area contributed by atoms with E-state index in [-0.39, 0.29) is 36.0 Å². The van der Waals surface area contributed by atoms with Gasteiger partial charge in [0, 0.05) is 31.3 Å². The van der Waals surface area contributed by atoms with E-state index in [4.69, 9.17) is 4.74 Å². The summed E-state index contributed by atoms with van der Waals surface area (Å²) >= 11 is 3.31. The number of carbonyl (C=O) groups excluding carboxylic acids is 2. The van der Waals surface area contributed by atoms with Gasteiger partial charge in [-0.2, -0.15) is 5.10 Å². The van der Waals surface area contributed by atoms with Gasteiger partial charge in [-0.15, -0.1) is 0 Å². The smallest absolute Gasteiger partial charge is 0.343 e. The monoisotopic (exact) mass is 510 g/mol. The highest BCUT2D eigenvalue weighted by atomic mass is 79.9. The first kappa shape index (κ1) is 21.0. The predicted molar refractivity (Wildman–Crippen MR) is 120 cm³/mol. The first-order chi connectivity index (χ1) is 16.0. The fourth-order valence-corrected chi connectivity index (χ4v) is 3.96. The molecule has 1 aromatic carbocycles. The second-order valence-corrected chi connectivity index (χ2v) is 7.97. The molecule has 0 radical (unpaired) electrons. The van der Waals surface area contributed by atoms with E-state index in [2.05, 4.69) is 31.0 Å². The fourth-order valence-electron chi connectivity index (χ4n) is 3.54. The molecule has 33 heavy (non-hydrogen) atoms. The second-order valence-electron chi connectivity index (χ2n) is 7.22. The summed E-state index contributed by atoms with van der Waals surface area (Å²) in [5.74, 6) is -1.08. The molecular formula is C22H16BrFN6O3. The number of nitrogens with zero attached hydrogens (tertiary/aromatic N) is 6. The topological polar surface area (TPSA) is 92.9 Å². The lowest BCUT2D eigenvalue weighted by Crippen LogP contribution is -2.40. The number of hydrogen-bond acceptors (Lipinski definition) is 7.